The largest absolute Gasteiger partial charge is 0.506 e. The Balaban J connectivity index is 1.68. The number of sulfonamides is 1. The second-order valence-corrected chi connectivity index (χ2v) is 10.3. The number of oxazole rings is 1. The van der Waals surface area contributed by atoms with E-state index in [9.17, 15) is 23.1 Å². The number of esters is 1. The number of aromatic hydroxyl groups is 1. The fourth-order valence-electron chi connectivity index (χ4n) is 3.92. The van der Waals surface area contributed by atoms with Crippen molar-refractivity contribution in [3.8, 4) is 11.8 Å². The average Bonchev–Trinajstić information content (AvgIpc) is 3.25. The van der Waals surface area contributed by atoms with E-state index in [1.165, 1.54) is 16.8 Å². The van der Waals surface area contributed by atoms with Gasteiger partial charge in [0.15, 0.2) is 11.4 Å². The summed E-state index contributed by atoms with van der Waals surface area (Å²) in [5.41, 5.74) is 2.51. The summed E-state index contributed by atoms with van der Waals surface area (Å²) in [5.74, 6) is -1.16. The van der Waals surface area contributed by atoms with Gasteiger partial charge in [0.25, 0.3) is 15.6 Å². The highest BCUT2D eigenvalue weighted by Gasteiger charge is 2.33. The van der Waals surface area contributed by atoms with Crippen LogP contribution in [-0.2, 0) is 14.8 Å². The van der Waals surface area contributed by atoms with Crippen LogP contribution in [0.2, 0.25) is 0 Å². The van der Waals surface area contributed by atoms with Crippen LogP contribution >= 0.6 is 0 Å². The summed E-state index contributed by atoms with van der Waals surface area (Å²) in [4.78, 5) is 28.8. The number of anilines is 1. The molecule has 1 aliphatic heterocycles. The molecule has 192 valence electrons. The van der Waals surface area contributed by atoms with E-state index in [0.29, 0.717) is 17.4 Å². The number of fused-ring (bicyclic) bond motifs is 4. The maximum absolute atomic E-state index is 13.5. The van der Waals surface area contributed by atoms with Crippen molar-refractivity contribution in [1.82, 2.24) is 9.66 Å². The first kappa shape index (κ1) is 24.3. The molecule has 2 aromatic heterocycles. The summed E-state index contributed by atoms with van der Waals surface area (Å²) in [5, 5.41) is 14.2. The number of carbonyl (C=O) groups excluding carboxylic acids is 1. The van der Waals surface area contributed by atoms with E-state index in [2.05, 4.69) is 20.1 Å². The number of carbonyl (C=O) groups is 1. The van der Waals surface area contributed by atoms with Gasteiger partial charge in [-0.15, -0.1) is 4.40 Å². The zero-order chi connectivity index (χ0) is 26.5. The van der Waals surface area contributed by atoms with E-state index in [4.69, 9.17) is 9.15 Å². The van der Waals surface area contributed by atoms with Crippen molar-refractivity contribution in [3.63, 3.8) is 0 Å². The van der Waals surface area contributed by atoms with Crippen LogP contribution in [0.3, 0.4) is 0 Å². The van der Waals surface area contributed by atoms with Crippen LogP contribution in [0.4, 0.5) is 5.69 Å². The number of para-hydroxylation sites is 1. The second-order valence-electron chi connectivity index (χ2n) is 8.77. The number of aromatic nitrogens is 2. The summed E-state index contributed by atoms with van der Waals surface area (Å²) >= 11 is 0. The van der Waals surface area contributed by atoms with Gasteiger partial charge in [0.1, 0.15) is 21.7 Å². The first-order valence-corrected chi connectivity index (χ1v) is 12.9. The number of nitrogens with zero attached hydrogens (tertiary/aromatic N) is 3. The van der Waals surface area contributed by atoms with Gasteiger partial charge in [-0.05, 0) is 30.2 Å². The normalized spacial score (nSPS) is 14.3. The van der Waals surface area contributed by atoms with E-state index in [-0.39, 0.29) is 45.4 Å². The van der Waals surface area contributed by atoms with E-state index >= 15 is 0 Å². The Morgan fingerprint density at radius 2 is 2.00 bits per heavy atom. The highest BCUT2D eigenvalue weighted by atomic mass is 32.2. The molecule has 4 aromatic rings. The Bertz CT molecular complexity index is 1770. The Labute approximate surface area is 210 Å². The Morgan fingerprint density at radius 3 is 2.73 bits per heavy atom. The van der Waals surface area contributed by atoms with Gasteiger partial charge in [-0.2, -0.15) is 13.4 Å². The van der Waals surface area contributed by atoms with Crippen LogP contribution in [0.25, 0.3) is 22.0 Å². The summed E-state index contributed by atoms with van der Waals surface area (Å²) in [6, 6.07) is 9.55. The highest BCUT2D eigenvalue weighted by Crippen LogP contribution is 2.37. The first-order valence-electron chi connectivity index (χ1n) is 11.5. The lowest BCUT2D eigenvalue weighted by Crippen LogP contribution is -2.37. The fourth-order valence-corrected chi connectivity index (χ4v) is 5.17. The summed E-state index contributed by atoms with van der Waals surface area (Å²) in [6.45, 7) is 5.98. The zero-order valence-corrected chi connectivity index (χ0v) is 20.9. The van der Waals surface area contributed by atoms with Gasteiger partial charge in [0.2, 0.25) is 0 Å². The molecular formula is C24H23N5O7S. The minimum absolute atomic E-state index is 0.0628. The standard InChI is InChI=1S/C24H23N5O7S/c1-4-17(30)36-24-27-19-16(35-24)10-9-14-21(19)37(33,34)28-22(26-14)18-20(31)13-7-5-6-8-15(13)29(23(18)32)25-11-12(2)3/h5-10,12,25,31H,4,11H2,1-3H3,(H,26,28). The van der Waals surface area contributed by atoms with Crippen molar-refractivity contribution in [2.75, 3.05) is 17.3 Å². The summed E-state index contributed by atoms with van der Waals surface area (Å²) < 4.78 is 42.1. The third kappa shape index (κ3) is 4.16. The Hall–Kier alpha value is -4.39. The molecule has 3 N–H and O–H groups in total. The minimum atomic E-state index is -4.43. The predicted molar refractivity (Wildman–Crippen MR) is 136 cm³/mol. The molecule has 2 aromatic carbocycles. The van der Waals surface area contributed by atoms with Gasteiger partial charge in [0.05, 0.1) is 11.2 Å². The number of hydrogen-bond acceptors (Lipinski definition) is 10. The van der Waals surface area contributed by atoms with Crippen LogP contribution in [0.1, 0.15) is 32.8 Å². The zero-order valence-electron chi connectivity index (χ0n) is 20.1. The van der Waals surface area contributed by atoms with Gasteiger partial charge in [-0.25, -0.2) is 4.68 Å². The van der Waals surface area contributed by atoms with Gasteiger partial charge in [-0.3, -0.25) is 9.59 Å². The maximum atomic E-state index is 13.5. The van der Waals surface area contributed by atoms with Crippen LogP contribution in [-0.4, -0.2) is 41.5 Å². The highest BCUT2D eigenvalue weighted by molar-refractivity contribution is 7.90. The number of amidine groups is 1. The smallest absolute Gasteiger partial charge is 0.402 e. The molecule has 0 radical (unpaired) electrons. The second kappa shape index (κ2) is 8.92. The number of ether oxygens (including phenoxy) is 1. The fraction of sp³-hybridized carbons (Fsp3) is 0.250. The number of nitrogens with one attached hydrogen (secondary N) is 2. The molecule has 0 unspecified atom stereocenters. The molecule has 37 heavy (non-hydrogen) atoms. The molecule has 5 rings (SSSR count). The van der Waals surface area contributed by atoms with Gasteiger partial charge in [-0.1, -0.05) is 32.9 Å². The number of hydrogen-bond donors (Lipinski definition) is 3. The molecule has 3 heterocycles. The molecule has 0 amide bonds. The molecule has 13 heteroatoms. The van der Waals surface area contributed by atoms with Gasteiger partial charge >= 0.3 is 12.0 Å². The Morgan fingerprint density at radius 1 is 1.24 bits per heavy atom. The number of benzene rings is 2. The van der Waals surface area contributed by atoms with E-state index in [0.717, 1.165) is 0 Å². The minimum Gasteiger partial charge on any atom is -0.506 e. The van der Waals surface area contributed by atoms with E-state index in [1.54, 1.807) is 31.2 Å². The Kier molecular flexibility index (Phi) is 5.86. The van der Waals surface area contributed by atoms with Crippen LogP contribution < -0.4 is 21.0 Å². The molecular weight excluding hydrogens is 502 g/mol. The lowest BCUT2D eigenvalue weighted by Gasteiger charge is -2.21. The lowest BCUT2D eigenvalue weighted by atomic mass is 10.1. The molecule has 0 bridgehead atoms. The van der Waals surface area contributed by atoms with Crippen molar-refractivity contribution in [2.45, 2.75) is 32.1 Å². The quantitative estimate of drug-likeness (QED) is 0.319. The van der Waals surface area contributed by atoms with Crippen molar-refractivity contribution in [2.24, 2.45) is 10.3 Å². The number of rotatable bonds is 6. The lowest BCUT2D eigenvalue weighted by molar-refractivity contribution is -0.135. The van der Waals surface area contributed by atoms with Crippen LogP contribution in [0.5, 0.6) is 11.8 Å². The van der Waals surface area contributed by atoms with Gasteiger partial charge in [0, 0.05) is 18.4 Å². The van der Waals surface area contributed by atoms with Crippen molar-refractivity contribution >= 4 is 49.5 Å². The van der Waals surface area contributed by atoms with Crippen LogP contribution in [0, 0.1) is 5.92 Å². The van der Waals surface area contributed by atoms with Gasteiger partial charge < -0.3 is 25.0 Å². The summed E-state index contributed by atoms with van der Waals surface area (Å²) in [6.07, 6.45) is -0.324. The third-order valence-electron chi connectivity index (χ3n) is 5.66. The predicted octanol–water partition coefficient (Wildman–Crippen LogP) is 2.92. The first-order chi connectivity index (χ1) is 17.6. The van der Waals surface area contributed by atoms with Crippen molar-refractivity contribution < 1.29 is 27.5 Å². The van der Waals surface area contributed by atoms with E-state index in [1.807, 2.05) is 13.8 Å². The molecule has 0 saturated heterocycles. The van der Waals surface area contributed by atoms with Crippen LogP contribution in [0.15, 0.2) is 54.9 Å². The molecule has 12 nitrogen and oxygen atoms in total. The molecule has 0 fully saturated rings. The monoisotopic (exact) mass is 525 g/mol. The van der Waals surface area contributed by atoms with Crippen molar-refractivity contribution in [1.29, 1.82) is 0 Å². The van der Waals surface area contributed by atoms with Crippen molar-refractivity contribution in [3.05, 3.63) is 52.3 Å². The summed E-state index contributed by atoms with van der Waals surface area (Å²) in [7, 11) is -4.43. The number of pyridine rings is 1. The molecule has 0 saturated carbocycles. The topological polar surface area (TPSA) is 165 Å². The molecule has 1 aliphatic rings. The molecule has 0 aliphatic carbocycles. The van der Waals surface area contributed by atoms with E-state index < -0.39 is 33.4 Å². The third-order valence-corrected chi connectivity index (χ3v) is 7.01. The maximum Gasteiger partial charge on any atom is 0.402 e. The SMILES string of the molecule is CCC(=O)Oc1nc2c3c(ccc2o1)NC(c1c(O)c2ccccc2n(NCC(C)C)c1=O)=NS3(=O)=O. The average molecular weight is 526 g/mol. The molecule has 0 spiro atoms. The molecule has 0 atom stereocenters.